The lowest BCUT2D eigenvalue weighted by atomic mass is 10.1. The van der Waals surface area contributed by atoms with Gasteiger partial charge in [0, 0.05) is 30.4 Å². The molecule has 1 N–H and O–H groups in total. The zero-order valence-corrected chi connectivity index (χ0v) is 12.9. The fraction of sp³-hybridized carbons (Fsp3) is 0.188. The van der Waals surface area contributed by atoms with Crippen LogP contribution < -0.4 is 10.2 Å². The van der Waals surface area contributed by atoms with Crippen molar-refractivity contribution in [2.75, 3.05) is 18.5 Å². The number of rotatable bonds is 3. The smallest absolute Gasteiger partial charge is 0.375 e. The van der Waals surface area contributed by atoms with Crippen LogP contribution in [0, 0.1) is 13.1 Å². The maximum absolute atomic E-state index is 12.1. The summed E-state index contributed by atoms with van der Waals surface area (Å²) in [6.07, 6.45) is 1.50. The van der Waals surface area contributed by atoms with Gasteiger partial charge in [0.2, 0.25) is 0 Å². The van der Waals surface area contributed by atoms with Crippen LogP contribution in [0.25, 0.3) is 15.3 Å². The van der Waals surface area contributed by atoms with Crippen molar-refractivity contribution < 1.29 is 4.79 Å². The van der Waals surface area contributed by atoms with Crippen molar-refractivity contribution >= 4 is 28.8 Å². The largest absolute Gasteiger partial charge is 0.542 e. The van der Waals surface area contributed by atoms with Crippen molar-refractivity contribution in [1.29, 1.82) is 0 Å². The van der Waals surface area contributed by atoms with E-state index in [1.54, 1.807) is 12.1 Å². The van der Waals surface area contributed by atoms with Gasteiger partial charge in [0.05, 0.1) is 5.02 Å². The highest BCUT2D eigenvalue weighted by molar-refractivity contribution is 6.36. The Hall–Kier alpha value is -2.76. The third kappa shape index (κ3) is 2.81. The second-order valence-electron chi connectivity index (χ2n) is 4.65. The SMILES string of the molecule is [C-]#[N+]C([N+]#[C-])=C1C=C(c2ccc(N(C)CC)cc2Cl)C(=O)N1. The average Bonchev–Trinajstić information content (AvgIpc) is 2.89. The van der Waals surface area contributed by atoms with E-state index in [1.165, 1.54) is 6.08 Å². The maximum atomic E-state index is 12.1. The molecule has 1 aromatic carbocycles. The topological polar surface area (TPSA) is 41.1 Å². The zero-order valence-electron chi connectivity index (χ0n) is 12.1. The second-order valence-corrected chi connectivity index (χ2v) is 5.06. The molecule has 1 heterocycles. The summed E-state index contributed by atoms with van der Waals surface area (Å²) in [4.78, 5) is 20.3. The first-order valence-corrected chi connectivity index (χ1v) is 6.93. The molecule has 2 rings (SSSR count). The predicted molar refractivity (Wildman–Crippen MR) is 86.7 cm³/mol. The van der Waals surface area contributed by atoms with Crippen LogP contribution in [0.1, 0.15) is 12.5 Å². The van der Waals surface area contributed by atoms with Gasteiger partial charge < -0.3 is 10.2 Å². The normalized spacial score (nSPS) is 13.0. The van der Waals surface area contributed by atoms with Crippen LogP contribution in [0.15, 0.2) is 35.8 Å². The van der Waals surface area contributed by atoms with Crippen LogP contribution in [0.5, 0.6) is 0 Å². The van der Waals surface area contributed by atoms with Crippen molar-refractivity contribution in [3.8, 4) is 0 Å². The van der Waals surface area contributed by atoms with E-state index in [0.717, 1.165) is 12.2 Å². The molecule has 0 unspecified atom stereocenters. The van der Waals surface area contributed by atoms with E-state index in [2.05, 4.69) is 15.0 Å². The average molecular weight is 313 g/mol. The van der Waals surface area contributed by atoms with Crippen LogP contribution >= 0.6 is 11.6 Å². The molecule has 1 aromatic rings. The number of hydrogen-bond acceptors (Lipinski definition) is 2. The third-order valence-corrected chi connectivity index (χ3v) is 3.70. The summed E-state index contributed by atoms with van der Waals surface area (Å²) >= 11 is 6.29. The lowest BCUT2D eigenvalue weighted by Gasteiger charge is -2.17. The molecule has 110 valence electrons. The Kier molecular flexibility index (Phi) is 4.50. The van der Waals surface area contributed by atoms with Crippen LogP contribution in [0.2, 0.25) is 5.02 Å². The van der Waals surface area contributed by atoms with Crippen molar-refractivity contribution in [3.63, 3.8) is 0 Å². The number of benzene rings is 1. The molecule has 0 bridgehead atoms. The highest BCUT2D eigenvalue weighted by Gasteiger charge is 2.27. The van der Waals surface area contributed by atoms with Crippen LogP contribution in [0.4, 0.5) is 5.69 Å². The number of carbonyl (C=O) groups is 1. The summed E-state index contributed by atoms with van der Waals surface area (Å²) in [5.41, 5.74) is 2.11. The Bertz CT molecular complexity index is 764. The van der Waals surface area contributed by atoms with E-state index in [1.807, 2.05) is 24.9 Å². The highest BCUT2D eigenvalue weighted by atomic mass is 35.5. The number of nitrogens with zero attached hydrogens (tertiary/aromatic N) is 3. The van der Waals surface area contributed by atoms with Crippen molar-refractivity contribution in [2.24, 2.45) is 0 Å². The van der Waals surface area contributed by atoms with Gasteiger partial charge in [-0.15, -0.1) is 0 Å². The van der Waals surface area contributed by atoms with Crippen molar-refractivity contribution in [1.82, 2.24) is 5.32 Å². The first kappa shape index (κ1) is 15.6. The van der Waals surface area contributed by atoms with Crippen molar-refractivity contribution in [3.05, 3.63) is 69.2 Å². The van der Waals surface area contributed by atoms with E-state index in [0.29, 0.717) is 16.2 Å². The minimum atomic E-state index is -0.363. The number of hydrogen-bond donors (Lipinski definition) is 1. The molecule has 6 heteroatoms. The van der Waals surface area contributed by atoms with E-state index in [9.17, 15) is 4.79 Å². The van der Waals surface area contributed by atoms with Gasteiger partial charge in [-0.3, -0.25) is 4.79 Å². The fourth-order valence-electron chi connectivity index (χ4n) is 2.04. The monoisotopic (exact) mass is 312 g/mol. The van der Waals surface area contributed by atoms with E-state index in [-0.39, 0.29) is 17.4 Å². The quantitative estimate of drug-likeness (QED) is 0.870. The first-order valence-electron chi connectivity index (χ1n) is 6.55. The van der Waals surface area contributed by atoms with Gasteiger partial charge in [0.1, 0.15) is 18.8 Å². The number of anilines is 1. The van der Waals surface area contributed by atoms with E-state index in [4.69, 9.17) is 24.7 Å². The molecule has 0 saturated heterocycles. The van der Waals surface area contributed by atoms with Gasteiger partial charge in [0.25, 0.3) is 5.91 Å². The summed E-state index contributed by atoms with van der Waals surface area (Å²) < 4.78 is 0. The predicted octanol–water partition coefficient (Wildman–Crippen LogP) is 3.32. The van der Waals surface area contributed by atoms with Gasteiger partial charge in [-0.05, 0) is 25.1 Å². The van der Waals surface area contributed by atoms with Crippen LogP contribution in [-0.4, -0.2) is 19.5 Å². The number of allylic oxidation sites excluding steroid dienone is 1. The number of carbonyl (C=O) groups excluding carboxylic acids is 1. The van der Waals surface area contributed by atoms with Gasteiger partial charge in [-0.1, -0.05) is 17.7 Å². The first-order chi connectivity index (χ1) is 10.5. The zero-order chi connectivity index (χ0) is 16.3. The molecule has 0 aromatic heterocycles. The molecule has 0 atom stereocenters. The molecular formula is C16H13ClN4O. The molecule has 1 aliphatic heterocycles. The number of amides is 1. The Balaban J connectivity index is 2.47. The van der Waals surface area contributed by atoms with Gasteiger partial charge in [0.15, 0.2) is 0 Å². The Morgan fingerprint density at radius 2 is 2.05 bits per heavy atom. The standard InChI is InChI=1S/C16H13ClN4O/c1-5-21(4)10-6-7-11(13(17)8-10)12-9-14(20-16(12)22)15(18-2)19-3/h6-9H,5H2,1,4H3,(H,20,22). The second kappa shape index (κ2) is 6.34. The van der Waals surface area contributed by atoms with Crippen LogP contribution in [-0.2, 0) is 4.79 Å². The third-order valence-electron chi connectivity index (χ3n) is 3.39. The molecule has 0 saturated carbocycles. The molecule has 0 aliphatic carbocycles. The summed E-state index contributed by atoms with van der Waals surface area (Å²) in [7, 11) is 1.95. The Labute approximate surface area is 134 Å². The molecule has 1 amide bonds. The van der Waals surface area contributed by atoms with Crippen molar-refractivity contribution in [2.45, 2.75) is 6.92 Å². The molecule has 1 aliphatic rings. The van der Waals surface area contributed by atoms with Gasteiger partial charge >= 0.3 is 5.82 Å². The number of halogens is 1. The summed E-state index contributed by atoms with van der Waals surface area (Å²) in [5, 5.41) is 2.98. The Morgan fingerprint density at radius 1 is 1.36 bits per heavy atom. The lowest BCUT2D eigenvalue weighted by molar-refractivity contribution is -0.114. The molecule has 0 fully saturated rings. The molecule has 22 heavy (non-hydrogen) atoms. The maximum Gasteiger partial charge on any atom is 0.542 e. The molecular weight excluding hydrogens is 300 g/mol. The van der Waals surface area contributed by atoms with E-state index < -0.39 is 0 Å². The lowest BCUT2D eigenvalue weighted by Crippen LogP contribution is -2.17. The highest BCUT2D eigenvalue weighted by Crippen LogP contribution is 2.32. The molecule has 0 spiro atoms. The minimum Gasteiger partial charge on any atom is -0.375 e. The minimum absolute atomic E-state index is 0.165. The van der Waals surface area contributed by atoms with Gasteiger partial charge in [-0.2, -0.15) is 9.69 Å². The number of nitrogens with one attached hydrogen (secondary N) is 1. The summed E-state index contributed by atoms with van der Waals surface area (Å²) in [6.45, 7) is 16.8. The Morgan fingerprint density at radius 3 is 2.59 bits per heavy atom. The molecule has 5 nitrogen and oxygen atoms in total. The van der Waals surface area contributed by atoms with Gasteiger partial charge in [-0.25, -0.2) is 0 Å². The fourth-order valence-corrected chi connectivity index (χ4v) is 2.32. The van der Waals surface area contributed by atoms with E-state index >= 15 is 0 Å². The molecule has 0 radical (unpaired) electrons. The summed E-state index contributed by atoms with van der Waals surface area (Å²) in [5.74, 6) is -0.528. The van der Waals surface area contributed by atoms with Crippen LogP contribution in [0.3, 0.4) is 0 Å². The summed E-state index contributed by atoms with van der Waals surface area (Å²) in [6, 6.07) is 5.44.